The third kappa shape index (κ3) is 3.52. The second-order valence-corrected chi connectivity index (χ2v) is 6.90. The van der Waals surface area contributed by atoms with Crippen molar-refractivity contribution in [3.05, 3.63) is 29.3 Å². The normalized spacial score (nSPS) is 18.1. The molecule has 0 spiro atoms. The lowest BCUT2D eigenvalue weighted by Gasteiger charge is -2.34. The number of aromatic nitrogens is 1. The summed E-state index contributed by atoms with van der Waals surface area (Å²) in [5, 5.41) is 3.65. The fraction of sp³-hybridized carbons (Fsp3) is 0.471. The minimum Gasteiger partial charge on any atom is -0.357 e. The van der Waals surface area contributed by atoms with Crippen LogP contribution in [0.4, 0.5) is 0 Å². The second-order valence-electron chi connectivity index (χ2n) is 5.79. The number of carbonyl (C=O) groups excluding carboxylic acids is 2. The van der Waals surface area contributed by atoms with E-state index in [1.54, 1.807) is 23.3 Å². The fourth-order valence-corrected chi connectivity index (χ4v) is 4.02. The second kappa shape index (κ2) is 7.08. The molecule has 1 aromatic carbocycles. The molecule has 1 aromatic heterocycles. The van der Waals surface area contributed by atoms with Crippen LogP contribution in [0.15, 0.2) is 24.3 Å². The van der Waals surface area contributed by atoms with Crippen LogP contribution in [-0.4, -0.2) is 41.3 Å². The highest BCUT2D eigenvalue weighted by Gasteiger charge is 2.31. The minimum atomic E-state index is -0.309. The Labute approximate surface area is 139 Å². The summed E-state index contributed by atoms with van der Waals surface area (Å²) in [7, 11) is 1.63. The Hall–Kier alpha value is -1.95. The molecule has 0 radical (unpaired) electrons. The maximum atomic E-state index is 12.5. The van der Waals surface area contributed by atoms with E-state index < -0.39 is 0 Å². The van der Waals surface area contributed by atoms with E-state index in [-0.39, 0.29) is 17.9 Å². The number of amides is 2. The number of nitrogens with zero attached hydrogens (tertiary/aromatic N) is 2. The molecule has 1 aliphatic heterocycles. The summed E-state index contributed by atoms with van der Waals surface area (Å²) < 4.78 is 1.15. The number of rotatable bonds is 4. The summed E-state index contributed by atoms with van der Waals surface area (Å²) in [4.78, 5) is 30.8. The topological polar surface area (TPSA) is 62.3 Å². The first-order chi connectivity index (χ1) is 11.2. The van der Waals surface area contributed by atoms with Crippen LogP contribution in [0.2, 0.25) is 0 Å². The van der Waals surface area contributed by atoms with Crippen molar-refractivity contribution in [1.82, 2.24) is 15.2 Å². The average molecular weight is 331 g/mol. The number of benzene rings is 1. The molecule has 23 heavy (non-hydrogen) atoms. The van der Waals surface area contributed by atoms with Crippen molar-refractivity contribution in [2.24, 2.45) is 0 Å². The Morgan fingerprint density at radius 3 is 2.96 bits per heavy atom. The number of para-hydroxylation sites is 1. The first-order valence-corrected chi connectivity index (χ1v) is 8.86. The maximum absolute atomic E-state index is 12.5. The van der Waals surface area contributed by atoms with Gasteiger partial charge in [0.25, 0.3) is 0 Å². The minimum absolute atomic E-state index is 0.0533. The predicted molar refractivity (Wildman–Crippen MR) is 91.4 cm³/mol. The molecule has 0 aliphatic carbocycles. The smallest absolute Gasteiger partial charge is 0.242 e. The lowest BCUT2D eigenvalue weighted by Crippen LogP contribution is -2.51. The molecule has 0 unspecified atom stereocenters. The SMILES string of the molecule is CNC(=O)[C@@H]1CCCCN1C(=O)CCc1nc2ccccc2s1. The van der Waals surface area contributed by atoms with Gasteiger partial charge in [0.2, 0.25) is 11.8 Å². The van der Waals surface area contributed by atoms with Crippen LogP contribution < -0.4 is 5.32 Å². The summed E-state index contributed by atoms with van der Waals surface area (Å²) in [6.45, 7) is 0.677. The maximum Gasteiger partial charge on any atom is 0.242 e. The van der Waals surface area contributed by atoms with E-state index in [9.17, 15) is 9.59 Å². The van der Waals surface area contributed by atoms with Gasteiger partial charge in [-0.3, -0.25) is 9.59 Å². The molecule has 1 fully saturated rings. The number of thiazole rings is 1. The molecule has 3 rings (SSSR count). The molecule has 2 amide bonds. The molecule has 2 aromatic rings. The van der Waals surface area contributed by atoms with E-state index in [2.05, 4.69) is 10.3 Å². The van der Waals surface area contributed by atoms with Gasteiger partial charge >= 0.3 is 0 Å². The van der Waals surface area contributed by atoms with E-state index >= 15 is 0 Å². The van der Waals surface area contributed by atoms with Gasteiger partial charge in [0, 0.05) is 26.4 Å². The number of fused-ring (bicyclic) bond motifs is 1. The molecular formula is C17H21N3O2S. The number of hydrogen-bond acceptors (Lipinski definition) is 4. The van der Waals surface area contributed by atoms with Crippen LogP contribution in [0.3, 0.4) is 0 Å². The number of piperidine rings is 1. The molecule has 5 nitrogen and oxygen atoms in total. The van der Waals surface area contributed by atoms with E-state index in [4.69, 9.17) is 0 Å². The number of aryl methyl sites for hydroxylation is 1. The highest BCUT2D eigenvalue weighted by Crippen LogP contribution is 2.23. The van der Waals surface area contributed by atoms with E-state index in [1.165, 1.54) is 0 Å². The lowest BCUT2D eigenvalue weighted by molar-refractivity contribution is -0.142. The third-order valence-electron chi connectivity index (χ3n) is 4.26. The van der Waals surface area contributed by atoms with Crippen molar-refractivity contribution in [3.8, 4) is 0 Å². The van der Waals surface area contributed by atoms with Crippen LogP contribution >= 0.6 is 11.3 Å². The van der Waals surface area contributed by atoms with Gasteiger partial charge in [-0.05, 0) is 31.4 Å². The van der Waals surface area contributed by atoms with E-state index in [0.29, 0.717) is 19.4 Å². The summed E-state index contributed by atoms with van der Waals surface area (Å²) in [5.74, 6) is -0.00408. The summed E-state index contributed by atoms with van der Waals surface area (Å²) in [5.41, 5.74) is 0.987. The Kier molecular flexibility index (Phi) is 4.91. The van der Waals surface area contributed by atoms with Gasteiger partial charge in [-0.2, -0.15) is 0 Å². The molecule has 122 valence electrons. The molecule has 1 atom stereocenters. The highest BCUT2D eigenvalue weighted by atomic mass is 32.1. The van der Waals surface area contributed by atoms with Crippen molar-refractivity contribution >= 4 is 33.4 Å². The van der Waals surface area contributed by atoms with Gasteiger partial charge in [0.15, 0.2) is 0 Å². The zero-order valence-corrected chi connectivity index (χ0v) is 14.1. The van der Waals surface area contributed by atoms with Crippen LogP contribution in [-0.2, 0) is 16.0 Å². The van der Waals surface area contributed by atoms with Crippen molar-refractivity contribution in [2.45, 2.75) is 38.1 Å². The fourth-order valence-electron chi connectivity index (χ4n) is 3.05. The molecule has 2 heterocycles. The average Bonchev–Trinajstić information content (AvgIpc) is 3.02. The molecule has 1 aliphatic rings. The molecule has 6 heteroatoms. The van der Waals surface area contributed by atoms with Crippen LogP contribution in [0.1, 0.15) is 30.7 Å². The zero-order valence-electron chi connectivity index (χ0n) is 13.2. The van der Waals surface area contributed by atoms with Crippen molar-refractivity contribution in [2.75, 3.05) is 13.6 Å². The van der Waals surface area contributed by atoms with Gasteiger partial charge in [-0.25, -0.2) is 4.98 Å². The first-order valence-electron chi connectivity index (χ1n) is 8.04. The Morgan fingerprint density at radius 2 is 2.17 bits per heavy atom. The number of likely N-dealkylation sites (tertiary alicyclic amines) is 1. The van der Waals surface area contributed by atoms with Gasteiger partial charge < -0.3 is 10.2 Å². The summed E-state index contributed by atoms with van der Waals surface area (Å²) in [6.07, 6.45) is 3.77. The molecular weight excluding hydrogens is 310 g/mol. The number of carbonyl (C=O) groups is 2. The van der Waals surface area contributed by atoms with Gasteiger partial charge in [-0.15, -0.1) is 11.3 Å². The van der Waals surface area contributed by atoms with E-state index in [0.717, 1.165) is 34.5 Å². The lowest BCUT2D eigenvalue weighted by atomic mass is 10.0. The van der Waals surface area contributed by atoms with Crippen molar-refractivity contribution in [1.29, 1.82) is 0 Å². The molecule has 1 saturated heterocycles. The largest absolute Gasteiger partial charge is 0.357 e. The molecule has 0 bridgehead atoms. The Morgan fingerprint density at radius 1 is 1.35 bits per heavy atom. The van der Waals surface area contributed by atoms with Crippen LogP contribution in [0, 0.1) is 0 Å². The van der Waals surface area contributed by atoms with Gasteiger partial charge in [-0.1, -0.05) is 12.1 Å². The standard InChI is InChI=1S/C17H21N3O2S/c1-18-17(22)13-7-4-5-11-20(13)16(21)10-9-15-19-12-6-2-3-8-14(12)23-15/h2-3,6,8,13H,4-5,7,9-11H2,1H3,(H,18,22)/t13-/m0/s1. The zero-order chi connectivity index (χ0) is 16.2. The van der Waals surface area contributed by atoms with Gasteiger partial charge in [0.05, 0.1) is 15.2 Å². The van der Waals surface area contributed by atoms with Crippen molar-refractivity contribution in [3.63, 3.8) is 0 Å². The van der Waals surface area contributed by atoms with E-state index in [1.807, 2.05) is 24.3 Å². The highest BCUT2D eigenvalue weighted by molar-refractivity contribution is 7.18. The number of nitrogens with one attached hydrogen (secondary N) is 1. The first kappa shape index (κ1) is 15.9. The Balaban J connectivity index is 1.64. The summed E-state index contributed by atoms with van der Waals surface area (Å²) in [6, 6.07) is 7.70. The number of hydrogen-bond donors (Lipinski definition) is 1. The monoisotopic (exact) mass is 331 g/mol. The Bertz CT molecular complexity index is 680. The summed E-state index contributed by atoms with van der Waals surface area (Å²) >= 11 is 1.64. The quantitative estimate of drug-likeness (QED) is 0.935. The number of likely N-dealkylation sites (N-methyl/N-ethyl adjacent to an activating group) is 1. The predicted octanol–water partition coefficient (Wildman–Crippen LogP) is 2.36. The van der Waals surface area contributed by atoms with Crippen LogP contribution in [0.25, 0.3) is 10.2 Å². The van der Waals surface area contributed by atoms with Crippen molar-refractivity contribution < 1.29 is 9.59 Å². The third-order valence-corrected chi connectivity index (χ3v) is 5.36. The molecule has 0 saturated carbocycles. The molecule has 1 N–H and O–H groups in total. The van der Waals surface area contributed by atoms with Gasteiger partial charge in [0.1, 0.15) is 6.04 Å². The van der Waals surface area contributed by atoms with Crippen LogP contribution in [0.5, 0.6) is 0 Å².